The molecule has 162 valence electrons. The first-order valence-electron chi connectivity index (χ1n) is 10.1. The molecular weight excluding hydrogens is 418 g/mol. The van der Waals surface area contributed by atoms with Gasteiger partial charge in [0.1, 0.15) is 5.60 Å². The van der Waals surface area contributed by atoms with Gasteiger partial charge in [0.25, 0.3) is 0 Å². The monoisotopic (exact) mass is 447 g/mol. The van der Waals surface area contributed by atoms with Crippen LogP contribution in [-0.4, -0.2) is 52.2 Å². The predicted molar refractivity (Wildman–Crippen MR) is 121 cm³/mol. The van der Waals surface area contributed by atoms with Gasteiger partial charge in [-0.25, -0.2) is 4.79 Å². The lowest BCUT2D eigenvalue weighted by atomic mass is 10.0. The maximum atomic E-state index is 13.0. The normalized spacial score (nSPS) is 16.3. The van der Waals surface area contributed by atoms with Gasteiger partial charge in [0, 0.05) is 36.4 Å². The average molecular weight is 448 g/mol. The Kier molecular flexibility index (Phi) is 7.91. The molecule has 1 aliphatic rings. The second kappa shape index (κ2) is 10.4. The molecule has 1 aliphatic heterocycles. The SMILES string of the molecule is CC(C)(C)OC(=O)N1CCC(NC(C(=O)CSc2ccncc2)c2ccsc2)CC1. The predicted octanol–water partition coefficient (Wildman–Crippen LogP) is 4.53. The zero-order chi connectivity index (χ0) is 21.6. The van der Waals surface area contributed by atoms with Crippen LogP contribution >= 0.6 is 23.1 Å². The van der Waals surface area contributed by atoms with E-state index in [9.17, 15) is 9.59 Å². The number of rotatable bonds is 7. The van der Waals surface area contributed by atoms with Crippen molar-refractivity contribution in [3.05, 3.63) is 46.9 Å². The number of ketones is 1. The summed E-state index contributed by atoms with van der Waals surface area (Å²) in [6.07, 6.45) is 4.80. The van der Waals surface area contributed by atoms with Crippen molar-refractivity contribution < 1.29 is 14.3 Å². The largest absolute Gasteiger partial charge is 0.444 e. The van der Waals surface area contributed by atoms with Gasteiger partial charge in [-0.15, -0.1) is 11.8 Å². The molecule has 0 bridgehead atoms. The van der Waals surface area contributed by atoms with Gasteiger partial charge in [0.15, 0.2) is 5.78 Å². The number of pyridine rings is 1. The van der Waals surface area contributed by atoms with Crippen molar-refractivity contribution in [2.24, 2.45) is 0 Å². The van der Waals surface area contributed by atoms with Crippen molar-refractivity contribution in [3.8, 4) is 0 Å². The first kappa shape index (κ1) is 22.8. The molecule has 1 saturated heterocycles. The van der Waals surface area contributed by atoms with Gasteiger partial charge in [-0.2, -0.15) is 11.3 Å². The molecule has 3 rings (SSSR count). The molecule has 1 amide bonds. The maximum Gasteiger partial charge on any atom is 0.410 e. The van der Waals surface area contributed by atoms with Crippen LogP contribution in [-0.2, 0) is 9.53 Å². The van der Waals surface area contributed by atoms with Crippen LogP contribution in [0.1, 0.15) is 45.2 Å². The molecule has 1 fully saturated rings. The third-order valence-electron chi connectivity index (χ3n) is 4.78. The van der Waals surface area contributed by atoms with Gasteiger partial charge in [-0.1, -0.05) is 0 Å². The Hall–Kier alpha value is -1.90. The van der Waals surface area contributed by atoms with Crippen molar-refractivity contribution in [2.75, 3.05) is 18.8 Å². The summed E-state index contributed by atoms with van der Waals surface area (Å²) in [6.45, 7) is 6.88. The van der Waals surface area contributed by atoms with E-state index < -0.39 is 5.60 Å². The molecule has 1 N–H and O–H groups in total. The summed E-state index contributed by atoms with van der Waals surface area (Å²) in [6, 6.07) is 5.69. The first-order valence-corrected chi connectivity index (χ1v) is 12.1. The molecule has 0 radical (unpaired) electrons. The number of carbonyl (C=O) groups excluding carboxylic acids is 2. The Morgan fingerprint density at radius 2 is 1.97 bits per heavy atom. The fourth-order valence-electron chi connectivity index (χ4n) is 3.28. The summed E-state index contributed by atoms with van der Waals surface area (Å²) in [5.41, 5.74) is 0.518. The van der Waals surface area contributed by atoms with Gasteiger partial charge >= 0.3 is 6.09 Å². The van der Waals surface area contributed by atoms with E-state index in [1.165, 1.54) is 11.8 Å². The Balaban J connectivity index is 1.56. The van der Waals surface area contributed by atoms with Crippen molar-refractivity contribution >= 4 is 35.0 Å². The van der Waals surface area contributed by atoms with Gasteiger partial charge < -0.3 is 15.0 Å². The fourth-order valence-corrected chi connectivity index (χ4v) is 4.75. The van der Waals surface area contributed by atoms with E-state index in [1.807, 2.05) is 49.7 Å². The smallest absolute Gasteiger partial charge is 0.410 e. The number of likely N-dealkylation sites (tertiary alicyclic amines) is 1. The Labute approximate surface area is 186 Å². The minimum Gasteiger partial charge on any atom is -0.444 e. The third kappa shape index (κ3) is 6.82. The standard InChI is InChI=1S/C22H29N3O3S2/c1-22(2,3)28-21(27)25-11-6-17(7-12-25)24-20(16-8-13-29-14-16)19(26)15-30-18-4-9-23-10-5-18/h4-5,8-10,13-14,17,20,24H,6-7,11-12,15H2,1-3H3. The van der Waals surface area contributed by atoms with Crippen LogP contribution in [0.15, 0.2) is 46.2 Å². The fraction of sp³-hybridized carbons (Fsp3) is 0.500. The molecule has 1 atom stereocenters. The maximum absolute atomic E-state index is 13.0. The number of hydrogen-bond donors (Lipinski definition) is 1. The number of hydrogen-bond acceptors (Lipinski definition) is 7. The highest BCUT2D eigenvalue weighted by Crippen LogP contribution is 2.25. The van der Waals surface area contributed by atoms with Crippen molar-refractivity contribution in [1.82, 2.24) is 15.2 Å². The van der Waals surface area contributed by atoms with Gasteiger partial charge in [-0.05, 0) is 68.1 Å². The number of nitrogens with one attached hydrogen (secondary N) is 1. The van der Waals surface area contributed by atoms with E-state index in [0.717, 1.165) is 23.3 Å². The molecule has 6 nitrogen and oxygen atoms in total. The van der Waals surface area contributed by atoms with Crippen LogP contribution in [0.25, 0.3) is 0 Å². The lowest BCUT2D eigenvalue weighted by Crippen LogP contribution is -2.48. The average Bonchev–Trinajstić information content (AvgIpc) is 3.24. The zero-order valence-corrected chi connectivity index (χ0v) is 19.3. The molecule has 8 heteroatoms. The van der Waals surface area contributed by atoms with Gasteiger partial charge in [0.2, 0.25) is 0 Å². The lowest BCUT2D eigenvalue weighted by molar-refractivity contribution is -0.119. The van der Waals surface area contributed by atoms with Crippen LogP contribution in [0.4, 0.5) is 4.79 Å². The third-order valence-corrected chi connectivity index (χ3v) is 6.51. The minimum atomic E-state index is -0.491. The van der Waals surface area contributed by atoms with E-state index in [1.54, 1.807) is 28.6 Å². The second-order valence-corrected chi connectivity index (χ2v) is 10.2. The summed E-state index contributed by atoms with van der Waals surface area (Å²) in [7, 11) is 0. The number of amides is 1. The summed E-state index contributed by atoms with van der Waals surface area (Å²) in [5.74, 6) is 0.554. The minimum absolute atomic E-state index is 0.157. The first-order chi connectivity index (χ1) is 14.3. The van der Waals surface area contributed by atoms with Gasteiger partial charge in [-0.3, -0.25) is 9.78 Å². The number of thiophene rings is 1. The number of ether oxygens (including phenoxy) is 1. The van der Waals surface area contributed by atoms with Crippen molar-refractivity contribution in [3.63, 3.8) is 0 Å². The molecule has 0 aliphatic carbocycles. The lowest BCUT2D eigenvalue weighted by Gasteiger charge is -2.35. The molecule has 0 saturated carbocycles. The van der Waals surface area contributed by atoms with E-state index in [2.05, 4.69) is 10.3 Å². The highest BCUT2D eigenvalue weighted by atomic mass is 32.2. The molecular formula is C22H29N3O3S2. The molecule has 0 aromatic carbocycles. The number of Topliss-reactive ketones (excluding diaryl/α,β-unsaturated/α-hetero) is 1. The Morgan fingerprint density at radius 1 is 1.27 bits per heavy atom. The van der Waals surface area contributed by atoms with E-state index in [0.29, 0.717) is 18.8 Å². The number of nitrogens with zero attached hydrogens (tertiary/aromatic N) is 2. The summed E-state index contributed by atoms with van der Waals surface area (Å²) in [5, 5.41) is 7.58. The van der Waals surface area contributed by atoms with E-state index in [-0.39, 0.29) is 24.0 Å². The molecule has 1 unspecified atom stereocenters. The zero-order valence-electron chi connectivity index (χ0n) is 17.7. The van der Waals surface area contributed by atoms with Gasteiger partial charge in [0.05, 0.1) is 11.8 Å². The summed E-state index contributed by atoms with van der Waals surface area (Å²) < 4.78 is 5.47. The van der Waals surface area contributed by atoms with Crippen LogP contribution in [0.2, 0.25) is 0 Å². The number of carbonyl (C=O) groups is 2. The van der Waals surface area contributed by atoms with Crippen LogP contribution < -0.4 is 5.32 Å². The van der Waals surface area contributed by atoms with Crippen LogP contribution in [0.3, 0.4) is 0 Å². The number of thioether (sulfide) groups is 1. The highest BCUT2D eigenvalue weighted by Gasteiger charge is 2.30. The second-order valence-electron chi connectivity index (χ2n) is 8.34. The van der Waals surface area contributed by atoms with E-state index in [4.69, 9.17) is 4.74 Å². The molecule has 2 aromatic heterocycles. The highest BCUT2D eigenvalue weighted by molar-refractivity contribution is 8.00. The number of piperidine rings is 1. The number of aromatic nitrogens is 1. The molecule has 3 heterocycles. The van der Waals surface area contributed by atoms with Crippen LogP contribution in [0.5, 0.6) is 0 Å². The Bertz CT molecular complexity index is 814. The van der Waals surface area contributed by atoms with Crippen molar-refractivity contribution in [2.45, 2.75) is 56.2 Å². The molecule has 0 spiro atoms. The topological polar surface area (TPSA) is 71.5 Å². The molecule has 30 heavy (non-hydrogen) atoms. The van der Waals surface area contributed by atoms with E-state index >= 15 is 0 Å². The summed E-state index contributed by atoms with van der Waals surface area (Å²) in [4.78, 5) is 32.1. The molecule has 2 aromatic rings. The summed E-state index contributed by atoms with van der Waals surface area (Å²) >= 11 is 3.12. The van der Waals surface area contributed by atoms with Crippen molar-refractivity contribution in [1.29, 1.82) is 0 Å². The quantitative estimate of drug-likeness (QED) is 0.629. The Morgan fingerprint density at radius 3 is 2.57 bits per heavy atom. The van der Waals surface area contributed by atoms with Crippen LogP contribution in [0, 0.1) is 0 Å².